The highest BCUT2D eigenvalue weighted by Gasteiger charge is 2.38. The van der Waals surface area contributed by atoms with Crippen molar-refractivity contribution in [3.63, 3.8) is 0 Å². The quantitative estimate of drug-likeness (QED) is 0.919. The molecule has 0 saturated carbocycles. The fourth-order valence-corrected chi connectivity index (χ4v) is 5.53. The lowest BCUT2D eigenvalue weighted by molar-refractivity contribution is 0.131. The third kappa shape index (κ3) is 2.30. The molecule has 2 bridgehead atoms. The molecule has 2 saturated heterocycles. The van der Waals surface area contributed by atoms with Gasteiger partial charge >= 0.3 is 0 Å². The van der Waals surface area contributed by atoms with Gasteiger partial charge in [0.1, 0.15) is 0 Å². The SMILES string of the molecule is CN1C2CCC1CC(CNC1CSc3ccccc31)C2. The van der Waals surface area contributed by atoms with Crippen LogP contribution in [0.3, 0.4) is 0 Å². The molecule has 3 aliphatic heterocycles. The first-order chi connectivity index (χ1) is 9.81. The summed E-state index contributed by atoms with van der Waals surface area (Å²) < 4.78 is 0. The van der Waals surface area contributed by atoms with E-state index in [4.69, 9.17) is 0 Å². The number of piperidine rings is 1. The van der Waals surface area contributed by atoms with E-state index in [1.807, 2.05) is 11.8 Å². The van der Waals surface area contributed by atoms with Gasteiger partial charge < -0.3 is 10.2 Å². The smallest absolute Gasteiger partial charge is 0.0426 e. The Kier molecular flexibility index (Phi) is 3.53. The summed E-state index contributed by atoms with van der Waals surface area (Å²) in [6.45, 7) is 1.21. The van der Waals surface area contributed by atoms with Crippen LogP contribution < -0.4 is 5.32 Å². The van der Waals surface area contributed by atoms with E-state index in [1.165, 1.54) is 48.4 Å². The van der Waals surface area contributed by atoms with Crippen LogP contribution in [0.15, 0.2) is 29.2 Å². The second kappa shape index (κ2) is 5.36. The third-order valence-electron chi connectivity index (χ3n) is 5.55. The largest absolute Gasteiger partial charge is 0.309 e. The molecule has 2 fully saturated rings. The lowest BCUT2D eigenvalue weighted by Crippen LogP contribution is -2.43. The van der Waals surface area contributed by atoms with Crippen molar-refractivity contribution >= 4 is 11.8 Å². The molecular weight excluding hydrogens is 264 g/mol. The van der Waals surface area contributed by atoms with E-state index in [-0.39, 0.29) is 0 Å². The number of nitrogens with zero attached hydrogens (tertiary/aromatic N) is 1. The summed E-state index contributed by atoms with van der Waals surface area (Å²) >= 11 is 2.01. The second-order valence-electron chi connectivity index (χ2n) is 6.70. The van der Waals surface area contributed by atoms with Gasteiger partial charge in [-0.05, 0) is 56.8 Å². The first-order valence-corrected chi connectivity index (χ1v) is 8.97. The highest BCUT2D eigenvalue weighted by Crippen LogP contribution is 2.39. The van der Waals surface area contributed by atoms with Crippen LogP contribution in [0.25, 0.3) is 0 Å². The van der Waals surface area contributed by atoms with E-state index in [1.54, 1.807) is 0 Å². The van der Waals surface area contributed by atoms with E-state index < -0.39 is 0 Å². The van der Waals surface area contributed by atoms with Gasteiger partial charge in [0.25, 0.3) is 0 Å². The average molecular weight is 288 g/mol. The van der Waals surface area contributed by atoms with Gasteiger partial charge in [-0.2, -0.15) is 0 Å². The van der Waals surface area contributed by atoms with Crippen LogP contribution in [0.5, 0.6) is 0 Å². The summed E-state index contributed by atoms with van der Waals surface area (Å²) in [5.74, 6) is 2.10. The van der Waals surface area contributed by atoms with Crippen molar-refractivity contribution in [2.75, 3.05) is 19.3 Å². The van der Waals surface area contributed by atoms with E-state index in [0.29, 0.717) is 6.04 Å². The molecule has 2 nitrogen and oxygen atoms in total. The second-order valence-corrected chi connectivity index (χ2v) is 7.76. The summed E-state index contributed by atoms with van der Waals surface area (Å²) in [4.78, 5) is 4.12. The number of thioether (sulfide) groups is 1. The van der Waals surface area contributed by atoms with Gasteiger partial charge in [0, 0.05) is 28.8 Å². The molecule has 0 aromatic heterocycles. The molecule has 3 aliphatic rings. The van der Waals surface area contributed by atoms with Crippen LogP contribution in [0.4, 0.5) is 0 Å². The Bertz CT molecular complexity index is 476. The van der Waals surface area contributed by atoms with Crippen LogP contribution >= 0.6 is 11.8 Å². The molecule has 3 heterocycles. The Hall–Kier alpha value is -0.510. The van der Waals surface area contributed by atoms with Crippen molar-refractivity contribution in [2.24, 2.45) is 5.92 Å². The average Bonchev–Trinajstić information content (AvgIpc) is 2.95. The van der Waals surface area contributed by atoms with Crippen molar-refractivity contribution in [2.45, 2.75) is 48.7 Å². The van der Waals surface area contributed by atoms with Crippen LogP contribution in [-0.4, -0.2) is 36.3 Å². The fourth-order valence-electron chi connectivity index (χ4n) is 4.33. The van der Waals surface area contributed by atoms with E-state index in [0.717, 1.165) is 18.0 Å². The zero-order valence-electron chi connectivity index (χ0n) is 12.2. The number of hydrogen-bond donors (Lipinski definition) is 1. The summed E-state index contributed by atoms with van der Waals surface area (Å²) in [6.07, 6.45) is 5.67. The number of benzene rings is 1. The summed E-state index contributed by atoms with van der Waals surface area (Å²) in [5.41, 5.74) is 1.52. The normalized spacial score (nSPS) is 36.2. The van der Waals surface area contributed by atoms with Crippen molar-refractivity contribution in [1.29, 1.82) is 0 Å². The van der Waals surface area contributed by atoms with Crippen LogP contribution in [0.1, 0.15) is 37.3 Å². The first kappa shape index (κ1) is 13.2. The Labute approximate surface area is 126 Å². The van der Waals surface area contributed by atoms with Crippen molar-refractivity contribution in [1.82, 2.24) is 10.2 Å². The summed E-state index contributed by atoms with van der Waals surface area (Å²) in [6, 6.07) is 11.2. The molecule has 0 amide bonds. The van der Waals surface area contributed by atoms with Gasteiger partial charge in [-0.1, -0.05) is 18.2 Å². The maximum absolute atomic E-state index is 3.85. The maximum Gasteiger partial charge on any atom is 0.0426 e. The molecule has 3 atom stereocenters. The number of hydrogen-bond acceptors (Lipinski definition) is 3. The summed E-state index contributed by atoms with van der Waals surface area (Å²) in [7, 11) is 2.33. The van der Waals surface area contributed by atoms with Gasteiger partial charge in [-0.15, -0.1) is 11.8 Å². The molecule has 20 heavy (non-hydrogen) atoms. The number of nitrogens with one attached hydrogen (secondary N) is 1. The van der Waals surface area contributed by atoms with E-state index in [9.17, 15) is 0 Å². The van der Waals surface area contributed by atoms with Crippen LogP contribution in [0, 0.1) is 5.92 Å². The molecule has 108 valence electrons. The zero-order chi connectivity index (χ0) is 13.5. The minimum absolute atomic E-state index is 0.577. The van der Waals surface area contributed by atoms with Gasteiger partial charge in [-0.25, -0.2) is 0 Å². The lowest BCUT2D eigenvalue weighted by Gasteiger charge is -2.36. The summed E-state index contributed by atoms with van der Waals surface area (Å²) in [5, 5.41) is 3.85. The molecule has 1 aromatic carbocycles. The Balaban J connectivity index is 1.36. The van der Waals surface area contributed by atoms with Gasteiger partial charge in [-0.3, -0.25) is 0 Å². The van der Waals surface area contributed by atoms with Gasteiger partial charge in [0.05, 0.1) is 0 Å². The highest BCUT2D eigenvalue weighted by molar-refractivity contribution is 7.99. The molecule has 1 aromatic rings. The predicted molar refractivity (Wildman–Crippen MR) is 85.2 cm³/mol. The molecule has 1 N–H and O–H groups in total. The Morgan fingerprint density at radius 1 is 1.20 bits per heavy atom. The molecule has 4 rings (SSSR count). The van der Waals surface area contributed by atoms with E-state index >= 15 is 0 Å². The van der Waals surface area contributed by atoms with Crippen molar-refractivity contribution < 1.29 is 0 Å². The van der Waals surface area contributed by atoms with Gasteiger partial charge in [0.2, 0.25) is 0 Å². The third-order valence-corrected chi connectivity index (χ3v) is 6.73. The topological polar surface area (TPSA) is 15.3 Å². The Morgan fingerprint density at radius 2 is 1.95 bits per heavy atom. The van der Waals surface area contributed by atoms with Crippen LogP contribution in [-0.2, 0) is 0 Å². The molecule has 3 unspecified atom stereocenters. The predicted octanol–water partition coefficient (Wildman–Crippen LogP) is 3.30. The standard InChI is InChI=1S/C17H24N2S/c1-19-13-6-7-14(19)9-12(8-13)10-18-16-11-20-17-5-3-2-4-15(16)17/h2-5,12-14,16,18H,6-11H2,1H3. The van der Waals surface area contributed by atoms with E-state index in [2.05, 4.69) is 41.5 Å². The zero-order valence-corrected chi connectivity index (χ0v) is 13.0. The van der Waals surface area contributed by atoms with Crippen molar-refractivity contribution in [3.8, 4) is 0 Å². The van der Waals surface area contributed by atoms with Gasteiger partial charge in [0.15, 0.2) is 0 Å². The monoisotopic (exact) mass is 288 g/mol. The fraction of sp³-hybridized carbons (Fsp3) is 0.647. The van der Waals surface area contributed by atoms with Crippen molar-refractivity contribution in [3.05, 3.63) is 29.8 Å². The lowest BCUT2D eigenvalue weighted by atomic mass is 9.90. The molecule has 0 spiro atoms. The molecule has 3 heteroatoms. The first-order valence-electron chi connectivity index (χ1n) is 7.98. The van der Waals surface area contributed by atoms with Crippen LogP contribution in [0.2, 0.25) is 0 Å². The Morgan fingerprint density at radius 3 is 2.75 bits per heavy atom. The minimum atomic E-state index is 0.577. The molecule has 0 aliphatic carbocycles. The molecular formula is C17H24N2S. The molecule has 0 radical (unpaired) electrons. The minimum Gasteiger partial charge on any atom is -0.309 e. The maximum atomic E-state index is 3.85. The number of rotatable bonds is 3. The number of fused-ring (bicyclic) bond motifs is 3. The highest BCUT2D eigenvalue weighted by atomic mass is 32.2.